The molecule has 1 aromatic rings. The van der Waals surface area contributed by atoms with Crippen molar-refractivity contribution in [2.45, 2.75) is 24.0 Å². The zero-order valence-electron chi connectivity index (χ0n) is 12.2. The molecule has 1 aliphatic rings. The number of carbonyl (C=O) groups is 2. The van der Waals surface area contributed by atoms with E-state index in [9.17, 15) is 18.4 Å². The Hall–Kier alpha value is -1.63. The lowest BCUT2D eigenvalue weighted by Gasteiger charge is -2.14. The maximum atomic E-state index is 12.2. The fourth-order valence-corrected chi connectivity index (χ4v) is 2.91. The minimum atomic E-state index is -2.47. The molecule has 1 atom stereocenters. The van der Waals surface area contributed by atoms with E-state index in [1.165, 1.54) is 24.3 Å². The molecule has 4 nitrogen and oxygen atoms in total. The molecule has 0 radical (unpaired) electrons. The van der Waals surface area contributed by atoms with Crippen LogP contribution >= 0.6 is 11.8 Å². The molecule has 0 aliphatic carbocycles. The van der Waals surface area contributed by atoms with Crippen LogP contribution in [0.1, 0.15) is 23.7 Å². The average Bonchev–Trinajstić information content (AvgIpc) is 2.94. The van der Waals surface area contributed by atoms with Crippen LogP contribution in [0.15, 0.2) is 29.2 Å². The first-order valence-electron chi connectivity index (χ1n) is 7.04. The third-order valence-corrected chi connectivity index (χ3v) is 4.35. The van der Waals surface area contributed by atoms with Gasteiger partial charge in [0.2, 0.25) is 5.91 Å². The fourth-order valence-electron chi connectivity index (χ4n) is 2.41. The monoisotopic (exact) mass is 328 g/mol. The molecule has 22 heavy (non-hydrogen) atoms. The highest BCUT2D eigenvalue weighted by Crippen LogP contribution is 2.25. The number of likely N-dealkylation sites (tertiary alicyclic amines) is 1. The van der Waals surface area contributed by atoms with E-state index in [4.69, 9.17) is 0 Å². The largest absolute Gasteiger partial charge is 0.352 e. The summed E-state index contributed by atoms with van der Waals surface area (Å²) in [5.74, 6) is -2.37. The standard InChI is InChI=1S/C15H18F2N2O2S/c1-10(20)19-7-6-11(9-19)8-18-14(21)12-2-4-13(5-3-12)22-15(16)17/h2-5,11,15H,6-9H2,1H3,(H,18,21). The highest BCUT2D eigenvalue weighted by molar-refractivity contribution is 7.99. The van der Waals surface area contributed by atoms with Crippen LogP contribution in [0.4, 0.5) is 8.78 Å². The van der Waals surface area contributed by atoms with Crippen molar-refractivity contribution in [3.8, 4) is 0 Å². The minimum absolute atomic E-state index is 0.0564. The van der Waals surface area contributed by atoms with E-state index in [2.05, 4.69) is 5.32 Å². The molecule has 1 aliphatic heterocycles. The van der Waals surface area contributed by atoms with E-state index in [-0.39, 0.29) is 17.7 Å². The molecule has 2 amide bonds. The second kappa shape index (κ2) is 7.58. The summed E-state index contributed by atoms with van der Waals surface area (Å²) >= 11 is 0.453. The molecule has 7 heteroatoms. The van der Waals surface area contributed by atoms with Crippen molar-refractivity contribution in [2.75, 3.05) is 19.6 Å². The lowest BCUT2D eigenvalue weighted by atomic mass is 10.1. The van der Waals surface area contributed by atoms with Gasteiger partial charge in [-0.25, -0.2) is 0 Å². The maximum absolute atomic E-state index is 12.2. The second-order valence-electron chi connectivity index (χ2n) is 5.23. The summed E-state index contributed by atoms with van der Waals surface area (Å²) in [5.41, 5.74) is 0.444. The Kier molecular flexibility index (Phi) is 5.76. The third kappa shape index (κ3) is 4.69. The first-order chi connectivity index (χ1) is 10.5. The van der Waals surface area contributed by atoms with Gasteiger partial charge in [-0.1, -0.05) is 11.8 Å². The van der Waals surface area contributed by atoms with Crippen molar-refractivity contribution in [3.63, 3.8) is 0 Å². The van der Waals surface area contributed by atoms with Gasteiger partial charge in [0.05, 0.1) is 0 Å². The molecule has 0 bridgehead atoms. The predicted molar refractivity (Wildman–Crippen MR) is 81.0 cm³/mol. The quantitative estimate of drug-likeness (QED) is 0.845. The number of carbonyl (C=O) groups excluding carboxylic acids is 2. The number of alkyl halides is 2. The van der Waals surface area contributed by atoms with E-state index in [1.54, 1.807) is 11.8 Å². The molecule has 1 aromatic carbocycles. The highest BCUT2D eigenvalue weighted by Gasteiger charge is 2.24. The zero-order chi connectivity index (χ0) is 16.1. The molecule has 0 saturated carbocycles. The number of thioether (sulfide) groups is 1. The van der Waals surface area contributed by atoms with Crippen molar-refractivity contribution in [3.05, 3.63) is 29.8 Å². The van der Waals surface area contributed by atoms with Crippen LogP contribution in [0.25, 0.3) is 0 Å². The van der Waals surface area contributed by atoms with Crippen molar-refractivity contribution in [1.82, 2.24) is 10.2 Å². The van der Waals surface area contributed by atoms with Crippen LogP contribution in [-0.4, -0.2) is 42.1 Å². The second-order valence-corrected chi connectivity index (χ2v) is 6.30. The molecule has 1 saturated heterocycles. The van der Waals surface area contributed by atoms with Gasteiger partial charge in [-0.15, -0.1) is 0 Å². The van der Waals surface area contributed by atoms with E-state index in [0.717, 1.165) is 13.0 Å². The summed E-state index contributed by atoms with van der Waals surface area (Å²) in [5, 5.41) is 2.83. The lowest BCUT2D eigenvalue weighted by molar-refractivity contribution is -0.127. The number of amides is 2. The Morgan fingerprint density at radius 3 is 2.59 bits per heavy atom. The van der Waals surface area contributed by atoms with Gasteiger partial charge in [-0.3, -0.25) is 9.59 Å². The van der Waals surface area contributed by atoms with E-state index >= 15 is 0 Å². The van der Waals surface area contributed by atoms with E-state index in [0.29, 0.717) is 35.3 Å². The number of halogens is 2. The fraction of sp³-hybridized carbons (Fsp3) is 0.467. The minimum Gasteiger partial charge on any atom is -0.352 e. The number of nitrogens with one attached hydrogen (secondary N) is 1. The number of rotatable bonds is 5. The molecule has 1 heterocycles. The summed E-state index contributed by atoms with van der Waals surface area (Å²) in [6.45, 7) is 3.45. The van der Waals surface area contributed by atoms with Crippen molar-refractivity contribution in [2.24, 2.45) is 5.92 Å². The molecule has 1 N–H and O–H groups in total. The molecule has 0 aromatic heterocycles. The molecule has 2 rings (SSSR count). The van der Waals surface area contributed by atoms with Crippen LogP contribution in [0.2, 0.25) is 0 Å². The van der Waals surface area contributed by atoms with Gasteiger partial charge >= 0.3 is 0 Å². The highest BCUT2D eigenvalue weighted by atomic mass is 32.2. The molecule has 0 spiro atoms. The number of hydrogen-bond donors (Lipinski definition) is 1. The average molecular weight is 328 g/mol. The number of benzene rings is 1. The molecular weight excluding hydrogens is 310 g/mol. The lowest BCUT2D eigenvalue weighted by Crippen LogP contribution is -2.32. The maximum Gasteiger partial charge on any atom is 0.288 e. The van der Waals surface area contributed by atoms with Crippen LogP contribution in [0.3, 0.4) is 0 Å². The summed E-state index contributed by atoms with van der Waals surface area (Å²) in [6, 6.07) is 6.10. The van der Waals surface area contributed by atoms with Crippen LogP contribution in [0, 0.1) is 5.92 Å². The van der Waals surface area contributed by atoms with Gasteiger partial charge in [0, 0.05) is 37.0 Å². The van der Waals surface area contributed by atoms with Gasteiger partial charge in [0.25, 0.3) is 11.7 Å². The van der Waals surface area contributed by atoms with E-state index < -0.39 is 5.76 Å². The Morgan fingerprint density at radius 1 is 1.36 bits per heavy atom. The summed E-state index contributed by atoms with van der Waals surface area (Å²) in [4.78, 5) is 25.4. The normalized spacial score (nSPS) is 17.8. The zero-order valence-corrected chi connectivity index (χ0v) is 13.0. The van der Waals surface area contributed by atoms with Gasteiger partial charge in [-0.05, 0) is 36.6 Å². The number of nitrogens with zero attached hydrogens (tertiary/aromatic N) is 1. The Bertz CT molecular complexity index is 537. The third-order valence-electron chi connectivity index (χ3n) is 3.62. The summed E-state index contributed by atoms with van der Waals surface area (Å²) in [6.07, 6.45) is 0.879. The van der Waals surface area contributed by atoms with E-state index in [1.807, 2.05) is 0 Å². The number of hydrogen-bond acceptors (Lipinski definition) is 3. The Morgan fingerprint density at radius 2 is 2.05 bits per heavy atom. The van der Waals surface area contributed by atoms with Crippen molar-refractivity contribution < 1.29 is 18.4 Å². The SMILES string of the molecule is CC(=O)N1CCC(CNC(=O)c2ccc(SC(F)F)cc2)C1. The van der Waals surface area contributed by atoms with Gasteiger partial charge in [0.1, 0.15) is 0 Å². The molecular formula is C15H18F2N2O2S. The molecule has 1 fully saturated rings. The Balaban J connectivity index is 1.81. The van der Waals surface area contributed by atoms with Crippen LogP contribution < -0.4 is 5.32 Å². The summed E-state index contributed by atoms with van der Waals surface area (Å²) in [7, 11) is 0. The smallest absolute Gasteiger partial charge is 0.288 e. The van der Waals surface area contributed by atoms with Gasteiger partial charge in [0.15, 0.2) is 0 Å². The van der Waals surface area contributed by atoms with Crippen molar-refractivity contribution >= 4 is 23.6 Å². The van der Waals surface area contributed by atoms with Crippen LogP contribution in [-0.2, 0) is 4.79 Å². The topological polar surface area (TPSA) is 49.4 Å². The van der Waals surface area contributed by atoms with Gasteiger partial charge < -0.3 is 10.2 Å². The van der Waals surface area contributed by atoms with Crippen molar-refractivity contribution in [1.29, 1.82) is 0 Å². The predicted octanol–water partition coefficient (Wildman–Crippen LogP) is 2.60. The Labute approximate surface area is 132 Å². The summed E-state index contributed by atoms with van der Waals surface area (Å²) < 4.78 is 24.4. The molecule has 1 unspecified atom stereocenters. The van der Waals surface area contributed by atoms with Gasteiger partial charge in [-0.2, -0.15) is 8.78 Å². The molecule has 120 valence electrons. The first-order valence-corrected chi connectivity index (χ1v) is 7.92. The first kappa shape index (κ1) is 16.7. The van der Waals surface area contributed by atoms with Crippen LogP contribution in [0.5, 0.6) is 0 Å².